The molecule has 0 unspecified atom stereocenters. The average molecular weight is 529 g/mol. The van der Waals surface area contributed by atoms with Gasteiger partial charge >= 0.3 is 11.8 Å². The number of nitrogens with zero attached hydrogens (tertiary/aromatic N) is 2. The van der Waals surface area contributed by atoms with Gasteiger partial charge in [-0.25, -0.2) is 0 Å². The molecule has 4 aromatic carbocycles. The van der Waals surface area contributed by atoms with Crippen molar-refractivity contribution in [2.24, 2.45) is 0 Å². The lowest BCUT2D eigenvalue weighted by Crippen LogP contribution is -2.33. The van der Waals surface area contributed by atoms with Crippen molar-refractivity contribution >= 4 is 45.7 Å². The van der Waals surface area contributed by atoms with E-state index in [1.807, 2.05) is 85.2 Å². The number of hydrogen-bond donors (Lipinski definition) is 2. The quantitative estimate of drug-likeness (QED) is 0.190. The van der Waals surface area contributed by atoms with Crippen molar-refractivity contribution in [2.45, 2.75) is 26.9 Å². The van der Waals surface area contributed by atoms with Crippen molar-refractivity contribution in [2.75, 3.05) is 10.6 Å². The second-order valence-electron chi connectivity index (χ2n) is 9.42. The maximum Gasteiger partial charge on any atom is 0.375 e. The number of para-hydroxylation sites is 2. The Morgan fingerprint density at radius 2 is 1.00 bits per heavy atom. The van der Waals surface area contributed by atoms with Gasteiger partial charge in [-0.2, -0.15) is 9.13 Å². The van der Waals surface area contributed by atoms with Gasteiger partial charge in [-0.3, -0.25) is 0 Å². The Bertz CT molecular complexity index is 1680. The lowest BCUT2D eigenvalue weighted by atomic mass is 10.0. The molecular formula is C34H32N4O2+2. The van der Waals surface area contributed by atoms with E-state index in [1.165, 1.54) is 0 Å². The summed E-state index contributed by atoms with van der Waals surface area (Å²) in [5, 5.41) is 6.61. The molecule has 0 atom stereocenters. The van der Waals surface area contributed by atoms with E-state index in [-0.39, 0.29) is 0 Å². The summed E-state index contributed by atoms with van der Waals surface area (Å²) in [6.07, 6.45) is 7.77. The van der Waals surface area contributed by atoms with Crippen LogP contribution >= 0.6 is 0 Å². The number of nitrogens with one attached hydrogen (secondary N) is 2. The van der Waals surface area contributed by atoms with Crippen LogP contribution in [0.1, 0.15) is 25.6 Å². The number of rotatable bonds is 9. The molecule has 0 aliphatic heterocycles. The summed E-state index contributed by atoms with van der Waals surface area (Å²) >= 11 is 0. The first-order valence-corrected chi connectivity index (χ1v) is 13.6. The second kappa shape index (κ2) is 11.3. The van der Waals surface area contributed by atoms with Crippen molar-refractivity contribution in [3.05, 3.63) is 121 Å². The summed E-state index contributed by atoms with van der Waals surface area (Å²) in [5.41, 5.74) is 8.16. The fourth-order valence-corrected chi connectivity index (χ4v) is 4.95. The summed E-state index contributed by atoms with van der Waals surface area (Å²) < 4.78 is 16.8. The van der Waals surface area contributed by atoms with Crippen LogP contribution in [-0.2, 0) is 13.1 Å². The fraction of sp³-hybridized carbons (Fsp3) is 0.118. The molecule has 0 radical (unpaired) electrons. The molecule has 6 nitrogen and oxygen atoms in total. The van der Waals surface area contributed by atoms with E-state index in [4.69, 9.17) is 8.83 Å². The molecule has 40 heavy (non-hydrogen) atoms. The number of aryl methyl sites for hydroxylation is 2. The summed E-state index contributed by atoms with van der Waals surface area (Å²) in [6.45, 7) is 5.86. The van der Waals surface area contributed by atoms with E-state index in [0.29, 0.717) is 0 Å². The van der Waals surface area contributed by atoms with Crippen LogP contribution in [0.25, 0.3) is 45.5 Å². The predicted molar refractivity (Wildman–Crippen MR) is 161 cm³/mol. The highest BCUT2D eigenvalue weighted by Gasteiger charge is 2.22. The van der Waals surface area contributed by atoms with Crippen LogP contribution in [0.3, 0.4) is 0 Å². The third kappa shape index (κ3) is 5.12. The van der Waals surface area contributed by atoms with Crippen molar-refractivity contribution in [3.63, 3.8) is 0 Å². The number of benzene rings is 4. The summed E-state index contributed by atoms with van der Waals surface area (Å²) in [4.78, 5) is 0. The highest BCUT2D eigenvalue weighted by Crippen LogP contribution is 2.28. The zero-order valence-corrected chi connectivity index (χ0v) is 22.7. The van der Waals surface area contributed by atoms with Crippen LogP contribution in [0.5, 0.6) is 0 Å². The van der Waals surface area contributed by atoms with Crippen molar-refractivity contribution in [3.8, 4) is 11.1 Å². The normalized spacial score (nSPS) is 11.8. The van der Waals surface area contributed by atoms with Crippen LogP contribution in [0, 0.1) is 0 Å². The Hall–Kier alpha value is -5.10. The van der Waals surface area contributed by atoms with Crippen LogP contribution in [0.4, 0.5) is 11.4 Å². The summed E-state index contributed by atoms with van der Waals surface area (Å²) in [7, 11) is 0. The SMILES string of the molecule is CC[n+]1c(C=CNc2ccccc2)oc2ccc(-c3ccc4oc(C=CNc5ccccc5)[n+](CC)c4c3)cc21. The summed E-state index contributed by atoms with van der Waals surface area (Å²) in [6, 6.07) is 32.9. The molecule has 0 bridgehead atoms. The van der Waals surface area contributed by atoms with E-state index < -0.39 is 0 Å². The molecule has 6 rings (SSSR count). The maximum atomic E-state index is 6.20. The fourth-order valence-electron chi connectivity index (χ4n) is 4.95. The Balaban J connectivity index is 1.29. The van der Waals surface area contributed by atoms with Crippen molar-refractivity contribution in [1.29, 1.82) is 0 Å². The minimum atomic E-state index is 0.796. The molecular weight excluding hydrogens is 496 g/mol. The Labute approximate surface area is 233 Å². The maximum absolute atomic E-state index is 6.20. The van der Waals surface area contributed by atoms with E-state index in [0.717, 1.165) is 69.6 Å². The second-order valence-corrected chi connectivity index (χ2v) is 9.42. The molecule has 2 N–H and O–H groups in total. The van der Waals surface area contributed by atoms with Gasteiger partial charge in [0.1, 0.15) is 13.1 Å². The first kappa shape index (κ1) is 25.2. The molecule has 0 aliphatic carbocycles. The Morgan fingerprint density at radius 1 is 0.575 bits per heavy atom. The molecule has 0 saturated heterocycles. The molecule has 0 amide bonds. The molecule has 6 heteroatoms. The van der Waals surface area contributed by atoms with Gasteiger partial charge < -0.3 is 19.5 Å². The number of aromatic nitrogens is 2. The monoisotopic (exact) mass is 528 g/mol. The predicted octanol–water partition coefficient (Wildman–Crippen LogP) is 7.63. The third-order valence-electron chi connectivity index (χ3n) is 6.93. The van der Waals surface area contributed by atoms with Gasteiger partial charge in [-0.15, -0.1) is 0 Å². The number of anilines is 2. The Kier molecular flexibility index (Phi) is 7.14. The first-order valence-electron chi connectivity index (χ1n) is 13.6. The molecule has 198 valence electrons. The molecule has 2 heterocycles. The van der Waals surface area contributed by atoms with Crippen LogP contribution < -0.4 is 19.8 Å². The highest BCUT2D eigenvalue weighted by molar-refractivity contribution is 5.83. The van der Waals surface area contributed by atoms with Gasteiger partial charge in [-0.05, 0) is 61.4 Å². The van der Waals surface area contributed by atoms with E-state index >= 15 is 0 Å². The standard InChI is InChI=1S/C34H30N4O2/c1-3-37-29-23-25(15-17-31(29)39-33(37)19-21-35-27-11-7-5-8-12-27)26-16-18-32-30(24-26)38(4-2)34(40-32)20-22-36-28-13-9-6-10-14-28/h5-24H,3-4H2,1-2H3/p+2. The molecule has 0 fully saturated rings. The van der Waals surface area contributed by atoms with Crippen molar-refractivity contribution in [1.82, 2.24) is 0 Å². The average Bonchev–Trinajstić information content (AvgIpc) is 3.54. The first-order chi connectivity index (χ1) is 19.7. The van der Waals surface area contributed by atoms with Crippen LogP contribution in [0.15, 0.2) is 118 Å². The van der Waals surface area contributed by atoms with Gasteiger partial charge in [0, 0.05) is 35.9 Å². The largest absolute Gasteiger partial charge is 0.398 e. The van der Waals surface area contributed by atoms with Gasteiger partial charge in [0.05, 0.1) is 12.2 Å². The lowest BCUT2D eigenvalue weighted by molar-refractivity contribution is -0.674. The summed E-state index contributed by atoms with van der Waals surface area (Å²) in [5.74, 6) is 1.60. The highest BCUT2D eigenvalue weighted by atomic mass is 16.4. The number of fused-ring (bicyclic) bond motifs is 2. The molecule has 0 spiro atoms. The van der Waals surface area contributed by atoms with Gasteiger partial charge in [-0.1, -0.05) is 48.5 Å². The van der Waals surface area contributed by atoms with E-state index in [1.54, 1.807) is 0 Å². The Morgan fingerprint density at radius 3 is 1.40 bits per heavy atom. The van der Waals surface area contributed by atoms with E-state index in [9.17, 15) is 0 Å². The lowest BCUT2D eigenvalue weighted by Gasteiger charge is -2.00. The zero-order chi connectivity index (χ0) is 27.3. The third-order valence-corrected chi connectivity index (χ3v) is 6.93. The van der Waals surface area contributed by atoms with Crippen LogP contribution in [-0.4, -0.2) is 0 Å². The van der Waals surface area contributed by atoms with Gasteiger partial charge in [0.25, 0.3) is 11.0 Å². The van der Waals surface area contributed by atoms with E-state index in [2.05, 4.69) is 70.0 Å². The van der Waals surface area contributed by atoms with Gasteiger partial charge in [0.15, 0.2) is 0 Å². The molecule has 2 aromatic heterocycles. The van der Waals surface area contributed by atoms with Gasteiger partial charge in [0.2, 0.25) is 11.2 Å². The topological polar surface area (TPSA) is 58.1 Å². The van der Waals surface area contributed by atoms with Crippen molar-refractivity contribution < 1.29 is 18.0 Å². The smallest absolute Gasteiger partial charge is 0.375 e. The number of hydrogen-bond acceptors (Lipinski definition) is 4. The molecule has 6 aromatic rings. The molecule has 0 aliphatic rings. The minimum Gasteiger partial charge on any atom is -0.398 e. The minimum absolute atomic E-state index is 0.796. The molecule has 0 saturated carbocycles. The van der Waals surface area contributed by atoms with Crippen LogP contribution in [0.2, 0.25) is 0 Å². The zero-order valence-electron chi connectivity index (χ0n) is 22.7. The number of oxazole rings is 2.